The molecule has 0 bridgehead atoms. The van der Waals surface area contributed by atoms with Crippen LogP contribution in [0, 0.1) is 6.92 Å². The lowest BCUT2D eigenvalue weighted by molar-refractivity contribution is 0.111. The van der Waals surface area contributed by atoms with Crippen LogP contribution < -0.4 is 0 Å². The molecule has 4 heteroatoms. The van der Waals surface area contributed by atoms with Gasteiger partial charge in [0, 0.05) is 11.5 Å². The van der Waals surface area contributed by atoms with Crippen molar-refractivity contribution >= 4 is 22.2 Å². The molecule has 0 aliphatic carbocycles. The lowest BCUT2D eigenvalue weighted by atomic mass is 10.1. The zero-order chi connectivity index (χ0) is 13.1. The van der Waals surface area contributed by atoms with Crippen LogP contribution >= 0.6 is 15.9 Å². The third-order valence-electron chi connectivity index (χ3n) is 3.14. The van der Waals surface area contributed by atoms with Crippen molar-refractivity contribution in [1.29, 1.82) is 0 Å². The van der Waals surface area contributed by atoms with E-state index in [1.165, 1.54) is 5.56 Å². The second-order valence-corrected chi connectivity index (χ2v) is 5.11. The topological polar surface area (TPSA) is 34.9 Å². The van der Waals surface area contributed by atoms with Crippen LogP contribution in [0.15, 0.2) is 28.7 Å². The van der Waals surface area contributed by atoms with Gasteiger partial charge in [-0.2, -0.15) is 0 Å². The van der Waals surface area contributed by atoms with Crippen molar-refractivity contribution in [3.63, 3.8) is 0 Å². The molecule has 1 aromatic carbocycles. The van der Waals surface area contributed by atoms with Crippen LogP contribution in [-0.4, -0.2) is 15.8 Å². The number of halogens is 1. The molecule has 1 heterocycles. The van der Waals surface area contributed by atoms with Gasteiger partial charge in [0.1, 0.15) is 11.5 Å². The second kappa shape index (κ2) is 5.48. The molecule has 0 saturated heterocycles. The van der Waals surface area contributed by atoms with Crippen molar-refractivity contribution < 1.29 is 4.79 Å². The third kappa shape index (κ3) is 2.53. The van der Waals surface area contributed by atoms with Crippen molar-refractivity contribution in [1.82, 2.24) is 9.55 Å². The summed E-state index contributed by atoms with van der Waals surface area (Å²) in [7, 11) is 1.87. The molecule has 18 heavy (non-hydrogen) atoms. The monoisotopic (exact) mass is 306 g/mol. The average molecular weight is 307 g/mol. The predicted octanol–water partition coefficient (Wildman–Crippen LogP) is 3.09. The van der Waals surface area contributed by atoms with E-state index in [1.54, 1.807) is 0 Å². The molecule has 0 aliphatic rings. The van der Waals surface area contributed by atoms with Gasteiger partial charge in [-0.25, -0.2) is 4.98 Å². The fourth-order valence-corrected chi connectivity index (χ4v) is 2.46. The molecular formula is C14H15BrN2O. The predicted molar refractivity (Wildman–Crippen MR) is 74.9 cm³/mol. The van der Waals surface area contributed by atoms with E-state index in [9.17, 15) is 4.79 Å². The quantitative estimate of drug-likeness (QED) is 0.814. The Hall–Kier alpha value is -1.42. The Morgan fingerprint density at radius 2 is 2.06 bits per heavy atom. The molecule has 0 aliphatic heterocycles. The van der Waals surface area contributed by atoms with Gasteiger partial charge in [0.05, 0.1) is 5.69 Å². The number of aromatic nitrogens is 2. The average Bonchev–Trinajstić information content (AvgIpc) is 2.64. The fraction of sp³-hybridized carbons (Fsp3) is 0.286. The molecule has 2 aromatic rings. The van der Waals surface area contributed by atoms with Crippen LogP contribution in [0.1, 0.15) is 27.6 Å². The molecule has 0 unspecified atom stereocenters. The molecular weight excluding hydrogens is 292 g/mol. The summed E-state index contributed by atoms with van der Waals surface area (Å²) < 4.78 is 2.94. The molecule has 0 N–H and O–H groups in total. The standard InChI is InChI=1S/C14H15BrN2O/c1-10-16-13(14(9-18)17(10)2)8-7-11-5-3-4-6-12(11)15/h3-6,9H,7-8H2,1-2H3. The van der Waals surface area contributed by atoms with E-state index in [0.717, 1.165) is 35.1 Å². The molecule has 3 nitrogen and oxygen atoms in total. The molecule has 94 valence electrons. The van der Waals surface area contributed by atoms with Gasteiger partial charge in [-0.15, -0.1) is 0 Å². The lowest BCUT2D eigenvalue weighted by Crippen LogP contribution is -2.00. The number of rotatable bonds is 4. The SMILES string of the molecule is Cc1nc(CCc2ccccc2Br)c(C=O)n1C. The minimum atomic E-state index is 0.680. The van der Waals surface area contributed by atoms with E-state index in [0.29, 0.717) is 5.69 Å². The zero-order valence-electron chi connectivity index (χ0n) is 10.5. The Kier molecular flexibility index (Phi) is 3.97. The first-order valence-electron chi connectivity index (χ1n) is 5.84. The minimum absolute atomic E-state index is 0.680. The van der Waals surface area contributed by atoms with Crippen molar-refractivity contribution in [3.05, 3.63) is 51.5 Å². The number of benzene rings is 1. The van der Waals surface area contributed by atoms with Crippen LogP contribution in [0.2, 0.25) is 0 Å². The van der Waals surface area contributed by atoms with Crippen molar-refractivity contribution in [3.8, 4) is 0 Å². The highest BCUT2D eigenvalue weighted by Gasteiger charge is 2.11. The van der Waals surface area contributed by atoms with Crippen LogP contribution in [0.4, 0.5) is 0 Å². The summed E-state index contributed by atoms with van der Waals surface area (Å²) in [6.45, 7) is 1.91. The smallest absolute Gasteiger partial charge is 0.168 e. The molecule has 0 radical (unpaired) electrons. The fourth-order valence-electron chi connectivity index (χ4n) is 1.98. The summed E-state index contributed by atoms with van der Waals surface area (Å²) in [5.41, 5.74) is 2.79. The highest BCUT2D eigenvalue weighted by Crippen LogP contribution is 2.18. The van der Waals surface area contributed by atoms with Crippen molar-refractivity contribution in [2.45, 2.75) is 19.8 Å². The number of nitrogens with zero attached hydrogens (tertiary/aromatic N) is 2. The first kappa shape index (κ1) is 13.0. The Balaban J connectivity index is 2.18. The van der Waals surface area contributed by atoms with Gasteiger partial charge >= 0.3 is 0 Å². The Labute approximate surface area is 115 Å². The summed E-state index contributed by atoms with van der Waals surface area (Å²) in [5, 5.41) is 0. The highest BCUT2D eigenvalue weighted by atomic mass is 79.9. The molecule has 0 saturated carbocycles. The first-order valence-corrected chi connectivity index (χ1v) is 6.63. The van der Waals surface area contributed by atoms with Crippen LogP contribution in [0.25, 0.3) is 0 Å². The van der Waals surface area contributed by atoms with Crippen molar-refractivity contribution in [2.75, 3.05) is 0 Å². The van der Waals surface area contributed by atoms with Gasteiger partial charge < -0.3 is 4.57 Å². The maximum Gasteiger partial charge on any atom is 0.168 e. The number of hydrogen-bond donors (Lipinski definition) is 0. The summed E-state index contributed by atoms with van der Waals surface area (Å²) >= 11 is 3.53. The highest BCUT2D eigenvalue weighted by molar-refractivity contribution is 9.10. The van der Waals surface area contributed by atoms with Gasteiger partial charge in [-0.05, 0) is 31.4 Å². The van der Waals surface area contributed by atoms with Gasteiger partial charge in [-0.3, -0.25) is 4.79 Å². The molecule has 0 amide bonds. The number of carbonyl (C=O) groups is 1. The minimum Gasteiger partial charge on any atom is -0.329 e. The van der Waals surface area contributed by atoms with Gasteiger partial charge in [0.15, 0.2) is 6.29 Å². The molecule has 0 spiro atoms. The van der Waals surface area contributed by atoms with Crippen molar-refractivity contribution in [2.24, 2.45) is 7.05 Å². The molecule has 0 atom stereocenters. The summed E-state index contributed by atoms with van der Waals surface area (Å²) in [5.74, 6) is 0.874. The van der Waals surface area contributed by atoms with E-state index < -0.39 is 0 Å². The molecule has 1 aromatic heterocycles. The summed E-state index contributed by atoms with van der Waals surface area (Å²) in [4.78, 5) is 15.5. The third-order valence-corrected chi connectivity index (χ3v) is 3.91. The number of hydrogen-bond acceptors (Lipinski definition) is 2. The normalized spacial score (nSPS) is 10.6. The molecule has 0 fully saturated rings. The van der Waals surface area contributed by atoms with Gasteiger partial charge in [-0.1, -0.05) is 34.1 Å². The first-order chi connectivity index (χ1) is 8.63. The number of aryl methyl sites for hydroxylation is 3. The van der Waals surface area contributed by atoms with Crippen LogP contribution in [-0.2, 0) is 19.9 Å². The van der Waals surface area contributed by atoms with Crippen LogP contribution in [0.5, 0.6) is 0 Å². The second-order valence-electron chi connectivity index (χ2n) is 4.26. The van der Waals surface area contributed by atoms with E-state index in [1.807, 2.05) is 36.7 Å². The maximum absolute atomic E-state index is 11.1. The summed E-state index contributed by atoms with van der Waals surface area (Å²) in [6, 6.07) is 8.12. The number of imidazole rings is 1. The Bertz CT molecular complexity index is 575. The zero-order valence-corrected chi connectivity index (χ0v) is 12.1. The Morgan fingerprint density at radius 1 is 1.33 bits per heavy atom. The van der Waals surface area contributed by atoms with Gasteiger partial charge in [0.25, 0.3) is 0 Å². The van der Waals surface area contributed by atoms with E-state index >= 15 is 0 Å². The Morgan fingerprint density at radius 3 is 2.72 bits per heavy atom. The van der Waals surface area contributed by atoms with E-state index in [2.05, 4.69) is 27.0 Å². The number of aldehydes is 1. The maximum atomic E-state index is 11.1. The largest absolute Gasteiger partial charge is 0.329 e. The summed E-state index contributed by atoms with van der Waals surface area (Å²) in [6.07, 6.45) is 2.53. The van der Waals surface area contributed by atoms with Gasteiger partial charge in [0.2, 0.25) is 0 Å². The van der Waals surface area contributed by atoms with Crippen LogP contribution in [0.3, 0.4) is 0 Å². The van der Waals surface area contributed by atoms with E-state index in [4.69, 9.17) is 0 Å². The molecule has 2 rings (SSSR count). The lowest BCUT2D eigenvalue weighted by Gasteiger charge is -2.03. The van der Waals surface area contributed by atoms with E-state index in [-0.39, 0.29) is 0 Å². The number of carbonyl (C=O) groups excluding carboxylic acids is 1.